The van der Waals surface area contributed by atoms with E-state index >= 15 is 0 Å². The van der Waals surface area contributed by atoms with Crippen LogP contribution in [0.2, 0.25) is 0 Å². The molecule has 0 N–H and O–H groups in total. The first-order valence-electron chi connectivity index (χ1n) is 5.74. The summed E-state index contributed by atoms with van der Waals surface area (Å²) in [5.74, 6) is 0. The van der Waals surface area contributed by atoms with Crippen LogP contribution in [0.4, 0.5) is 0 Å². The van der Waals surface area contributed by atoms with Crippen molar-refractivity contribution in [2.45, 2.75) is 0 Å². The predicted octanol–water partition coefficient (Wildman–Crippen LogP) is 3.52. The second-order valence-electron chi connectivity index (χ2n) is 3.96. The monoisotopic (exact) mass is 292 g/mol. The smallest absolute Gasteiger partial charge is 0.0622 e. The molecule has 0 amide bonds. The summed E-state index contributed by atoms with van der Waals surface area (Å²) >= 11 is 0. The Kier molecular flexibility index (Phi) is 5.74. The molecular weight excluding hydrogens is 279 g/mol. The van der Waals surface area contributed by atoms with Crippen molar-refractivity contribution in [2.75, 3.05) is 0 Å². The zero-order valence-electron chi connectivity index (χ0n) is 9.81. The molecule has 0 aromatic heterocycles. The van der Waals surface area contributed by atoms with Crippen molar-refractivity contribution >= 4 is 13.2 Å². The Morgan fingerprint density at radius 3 is 1.50 bits per heavy atom. The second-order valence-corrected chi connectivity index (χ2v) is 6.18. The van der Waals surface area contributed by atoms with E-state index in [1.165, 1.54) is 16.6 Å². The fourth-order valence-electron chi connectivity index (χ4n) is 2.05. The van der Waals surface area contributed by atoms with Crippen molar-refractivity contribution in [3.63, 3.8) is 0 Å². The zero-order valence-corrected chi connectivity index (χ0v) is 11.8. The van der Waals surface area contributed by atoms with E-state index in [2.05, 4.69) is 81.7 Å². The average molecular weight is 292 g/mol. The molecule has 1 aromatic rings. The van der Waals surface area contributed by atoms with Gasteiger partial charge in [-0.2, -0.15) is 0 Å². The van der Waals surface area contributed by atoms with E-state index in [1.54, 1.807) is 0 Å². The number of rotatable bonds is 3. The molecule has 3 rings (SSSR count). The van der Waals surface area contributed by atoms with Gasteiger partial charge in [-0.05, 0) is 56.7 Å². The van der Waals surface area contributed by atoms with Crippen molar-refractivity contribution in [1.29, 1.82) is 0 Å². The maximum absolute atomic E-state index is 2.23. The van der Waals surface area contributed by atoms with E-state index in [-0.39, 0.29) is 25.0 Å². The molecule has 0 heterocycles. The van der Waals surface area contributed by atoms with Crippen molar-refractivity contribution in [3.05, 3.63) is 93.0 Å². The quantitative estimate of drug-likeness (QED) is 0.590. The van der Waals surface area contributed by atoms with Gasteiger partial charge in [-0.3, -0.25) is 0 Å². The average Bonchev–Trinajstić information content (AvgIpc) is 3.04. The molecule has 10 radical (unpaired) electrons. The molecule has 0 aliphatic heterocycles. The van der Waals surface area contributed by atoms with Gasteiger partial charge in [-0.25, -0.2) is 0 Å². The van der Waals surface area contributed by atoms with E-state index in [0.29, 0.717) is 0 Å². The minimum Gasteiger partial charge on any atom is -0.0622 e. The van der Waals surface area contributed by atoms with Gasteiger partial charge in [0.05, 0.1) is 0 Å². The minimum absolute atomic E-state index is 0. The molecule has 0 atom stereocenters. The third kappa shape index (κ3) is 3.19. The van der Waals surface area contributed by atoms with Crippen molar-refractivity contribution in [2.24, 2.45) is 0 Å². The van der Waals surface area contributed by atoms with E-state index in [9.17, 15) is 0 Å². The Morgan fingerprint density at radius 1 is 0.611 bits per heavy atom. The topological polar surface area (TPSA) is 0 Å². The number of benzene rings is 1. The van der Waals surface area contributed by atoms with Crippen molar-refractivity contribution in [3.8, 4) is 0 Å². The largest absolute Gasteiger partial charge is 2.00 e. The molecule has 2 aliphatic carbocycles. The third-order valence-electron chi connectivity index (χ3n) is 2.82. The van der Waals surface area contributed by atoms with Crippen LogP contribution in [0.3, 0.4) is 0 Å². The van der Waals surface area contributed by atoms with Gasteiger partial charge < -0.3 is 0 Å². The summed E-state index contributed by atoms with van der Waals surface area (Å²) in [6.07, 6.45) is 17.4. The molecule has 2 heteroatoms. The van der Waals surface area contributed by atoms with E-state index < -0.39 is 0 Å². The zero-order chi connectivity index (χ0) is 11.5. The Morgan fingerprint density at radius 2 is 1.06 bits per heavy atom. The van der Waals surface area contributed by atoms with Crippen LogP contribution in [-0.4, -0.2) is 0 Å². The van der Waals surface area contributed by atoms with Crippen LogP contribution < -0.4 is 5.30 Å². The summed E-state index contributed by atoms with van der Waals surface area (Å²) in [6.45, 7) is 0. The Labute approximate surface area is 123 Å². The van der Waals surface area contributed by atoms with E-state index in [1.807, 2.05) is 0 Å². The molecule has 2 aliphatic rings. The molecule has 1 aromatic carbocycles. The molecule has 0 bridgehead atoms. The van der Waals surface area contributed by atoms with Crippen LogP contribution in [0, 0.1) is 62.7 Å². The second kappa shape index (κ2) is 7.09. The fourth-order valence-corrected chi connectivity index (χ4v) is 4.36. The SMILES string of the molecule is [CH]1[CH][CH][C](P([C]2[CH][CH][CH][CH]2)c2ccccc2)[CH]1.[Fe+2]. The summed E-state index contributed by atoms with van der Waals surface area (Å²) < 4.78 is 0. The van der Waals surface area contributed by atoms with E-state index in [0.717, 1.165) is 0 Å². The van der Waals surface area contributed by atoms with Crippen LogP contribution in [0.15, 0.2) is 30.3 Å². The Balaban J connectivity index is 0.00000120. The van der Waals surface area contributed by atoms with Crippen LogP contribution in [0.5, 0.6) is 0 Å². The molecule has 0 saturated heterocycles. The fraction of sp³-hybridized carbons (Fsp3) is 0. The number of hydrogen-bond acceptors (Lipinski definition) is 0. The summed E-state index contributed by atoms with van der Waals surface area (Å²) in [6, 6.07) is 10.8. The molecule has 0 nitrogen and oxygen atoms in total. The Hall–Kier alpha value is 0.169. The summed E-state index contributed by atoms with van der Waals surface area (Å²) in [4.78, 5) is 0. The van der Waals surface area contributed by atoms with Crippen molar-refractivity contribution in [1.82, 2.24) is 0 Å². The van der Waals surface area contributed by atoms with Gasteiger partial charge in [0.25, 0.3) is 0 Å². The van der Waals surface area contributed by atoms with E-state index in [4.69, 9.17) is 0 Å². The van der Waals surface area contributed by atoms with Gasteiger partial charge in [0.1, 0.15) is 0 Å². The van der Waals surface area contributed by atoms with Gasteiger partial charge in [0.15, 0.2) is 0 Å². The summed E-state index contributed by atoms with van der Waals surface area (Å²) in [7, 11) is -0.372. The van der Waals surface area contributed by atoms with Crippen LogP contribution in [0.1, 0.15) is 0 Å². The van der Waals surface area contributed by atoms with Crippen LogP contribution >= 0.6 is 7.92 Å². The van der Waals surface area contributed by atoms with Gasteiger partial charge in [-0.15, -0.1) is 0 Å². The maximum atomic E-state index is 2.23. The molecule has 2 saturated carbocycles. The van der Waals surface area contributed by atoms with Gasteiger partial charge >= 0.3 is 17.1 Å². The summed E-state index contributed by atoms with van der Waals surface area (Å²) in [5, 5.41) is 1.42. The Bertz CT molecular complexity index is 323. The molecule has 18 heavy (non-hydrogen) atoms. The molecule has 2 fully saturated rings. The molecule has 88 valence electrons. The van der Waals surface area contributed by atoms with Crippen LogP contribution in [0.25, 0.3) is 0 Å². The van der Waals surface area contributed by atoms with Crippen molar-refractivity contribution < 1.29 is 17.1 Å². The molecule has 0 unspecified atom stereocenters. The first-order chi connectivity index (χ1) is 8.45. The van der Waals surface area contributed by atoms with Gasteiger partial charge in [-0.1, -0.05) is 38.3 Å². The molecule has 0 spiro atoms. The predicted molar refractivity (Wildman–Crippen MR) is 73.9 cm³/mol. The summed E-state index contributed by atoms with van der Waals surface area (Å²) in [5.41, 5.74) is 2.86. The third-order valence-corrected chi connectivity index (χ3v) is 5.26. The van der Waals surface area contributed by atoms with Gasteiger partial charge in [0, 0.05) is 11.3 Å². The number of hydrogen-bond donors (Lipinski definition) is 0. The normalized spacial score (nSPS) is 21.4. The van der Waals surface area contributed by atoms with Crippen LogP contribution in [-0.2, 0) is 17.1 Å². The minimum atomic E-state index is -0.372. The van der Waals surface area contributed by atoms with Gasteiger partial charge in [0.2, 0.25) is 0 Å². The first-order valence-corrected chi connectivity index (χ1v) is 7.08. The maximum Gasteiger partial charge on any atom is 2.00 e. The standard InChI is InChI=1S/C16H13P.Fe/c1-2-8-14(9-3-1)17(15-10-4-5-11-15)16-12-6-7-13-16;/h1-13H;/q;+2. The molecular formula is C16H13FeP+2. The first kappa shape index (κ1) is 14.6.